The number of hydrogen-bond acceptors (Lipinski definition) is 6. The summed E-state index contributed by atoms with van der Waals surface area (Å²) in [5.74, 6) is 0.374. The fraction of sp³-hybridized carbons (Fsp3) is 0.364. The highest BCUT2D eigenvalue weighted by molar-refractivity contribution is 7.99. The summed E-state index contributed by atoms with van der Waals surface area (Å²) >= 11 is 1.57. The van der Waals surface area contributed by atoms with E-state index in [1.54, 1.807) is 49.0 Å². The van der Waals surface area contributed by atoms with Crippen molar-refractivity contribution < 1.29 is 23.8 Å². The Kier molecular flexibility index (Phi) is 7.55. The zero-order valence-corrected chi connectivity index (χ0v) is 17.4. The minimum absolute atomic E-state index is 0.217. The molecule has 2 aromatic rings. The van der Waals surface area contributed by atoms with Crippen LogP contribution < -0.4 is 10.1 Å². The van der Waals surface area contributed by atoms with Gasteiger partial charge < -0.3 is 19.5 Å². The molecule has 0 saturated carbocycles. The molecule has 0 unspecified atom stereocenters. The van der Waals surface area contributed by atoms with Crippen molar-refractivity contribution in [2.45, 2.75) is 36.9 Å². The number of nitrogens with one attached hydrogen (secondary N) is 1. The van der Waals surface area contributed by atoms with E-state index < -0.39 is 18.0 Å². The van der Waals surface area contributed by atoms with Crippen LogP contribution in [0.25, 0.3) is 0 Å². The van der Waals surface area contributed by atoms with E-state index in [0.717, 1.165) is 30.1 Å². The predicted octanol–water partition coefficient (Wildman–Crippen LogP) is 4.15. The lowest BCUT2D eigenvalue weighted by Gasteiger charge is -2.16. The Labute approximate surface area is 174 Å². The molecule has 1 fully saturated rings. The van der Waals surface area contributed by atoms with Gasteiger partial charge in [-0.2, -0.15) is 0 Å². The Balaban J connectivity index is 1.61. The highest BCUT2D eigenvalue weighted by atomic mass is 32.2. The molecule has 2 aromatic carbocycles. The van der Waals surface area contributed by atoms with E-state index in [-0.39, 0.29) is 6.10 Å². The molecule has 29 heavy (non-hydrogen) atoms. The van der Waals surface area contributed by atoms with Crippen LogP contribution in [0.2, 0.25) is 0 Å². The van der Waals surface area contributed by atoms with Crippen LogP contribution in [0.1, 0.15) is 30.1 Å². The summed E-state index contributed by atoms with van der Waals surface area (Å²) in [6, 6.07) is 14.3. The number of carbonyl (C=O) groups excluding carboxylic acids is 2. The number of methoxy groups -OCH3 is 1. The summed E-state index contributed by atoms with van der Waals surface area (Å²) < 4.78 is 16.3. The lowest BCUT2D eigenvalue weighted by Crippen LogP contribution is -2.30. The van der Waals surface area contributed by atoms with Crippen molar-refractivity contribution in [1.29, 1.82) is 0 Å². The number of anilines is 1. The summed E-state index contributed by atoms with van der Waals surface area (Å²) in [5.41, 5.74) is 0.975. The van der Waals surface area contributed by atoms with Gasteiger partial charge in [0.25, 0.3) is 5.91 Å². The van der Waals surface area contributed by atoms with Crippen molar-refractivity contribution >= 4 is 29.3 Å². The second kappa shape index (κ2) is 10.3. The van der Waals surface area contributed by atoms with Crippen LogP contribution in [0.3, 0.4) is 0 Å². The second-order valence-electron chi connectivity index (χ2n) is 6.68. The first-order valence-electron chi connectivity index (χ1n) is 9.56. The highest BCUT2D eigenvalue weighted by Gasteiger charge is 2.23. The van der Waals surface area contributed by atoms with Crippen LogP contribution in [0, 0.1) is 0 Å². The summed E-state index contributed by atoms with van der Waals surface area (Å²) in [6.45, 7) is 2.35. The van der Waals surface area contributed by atoms with Gasteiger partial charge in [0.1, 0.15) is 5.75 Å². The van der Waals surface area contributed by atoms with Gasteiger partial charge in [0.05, 0.1) is 24.5 Å². The molecule has 1 N–H and O–H groups in total. The predicted molar refractivity (Wildman–Crippen MR) is 113 cm³/mol. The third-order valence-corrected chi connectivity index (χ3v) is 5.78. The molecule has 1 aliphatic heterocycles. The minimum Gasteiger partial charge on any atom is -0.495 e. The zero-order chi connectivity index (χ0) is 20.6. The molecule has 7 heteroatoms. The molecule has 0 aromatic heterocycles. The lowest BCUT2D eigenvalue weighted by atomic mass is 10.2. The smallest absolute Gasteiger partial charge is 0.340 e. The van der Waals surface area contributed by atoms with E-state index >= 15 is 0 Å². The zero-order valence-electron chi connectivity index (χ0n) is 16.6. The van der Waals surface area contributed by atoms with Crippen LogP contribution in [0.4, 0.5) is 5.69 Å². The molecule has 1 saturated heterocycles. The van der Waals surface area contributed by atoms with Crippen LogP contribution in [-0.4, -0.2) is 43.6 Å². The molecule has 0 spiro atoms. The average Bonchev–Trinajstić information content (AvgIpc) is 3.26. The molecule has 154 valence electrons. The van der Waals surface area contributed by atoms with Crippen LogP contribution in [0.5, 0.6) is 5.75 Å². The van der Waals surface area contributed by atoms with Gasteiger partial charge in [-0.15, -0.1) is 11.8 Å². The molecule has 0 aliphatic carbocycles. The maximum Gasteiger partial charge on any atom is 0.340 e. The van der Waals surface area contributed by atoms with Crippen molar-refractivity contribution in [3.8, 4) is 5.75 Å². The van der Waals surface area contributed by atoms with E-state index in [1.165, 1.54) is 7.11 Å². The SMILES string of the molecule is COc1ccccc1NC(=O)[C@@H](C)OC(=O)c1ccccc1SC[C@@H]1CCCO1. The summed E-state index contributed by atoms with van der Waals surface area (Å²) in [7, 11) is 1.53. The number of amides is 1. The Bertz CT molecular complexity index is 851. The summed E-state index contributed by atoms with van der Waals surface area (Å²) in [4.78, 5) is 26.0. The van der Waals surface area contributed by atoms with Crippen molar-refractivity contribution in [2.75, 3.05) is 24.8 Å². The maximum atomic E-state index is 12.7. The number of rotatable bonds is 8. The molecule has 2 atom stereocenters. The Morgan fingerprint density at radius 2 is 1.97 bits per heavy atom. The number of hydrogen-bond donors (Lipinski definition) is 1. The Morgan fingerprint density at radius 3 is 2.72 bits per heavy atom. The maximum absolute atomic E-state index is 12.7. The van der Waals surface area contributed by atoms with Gasteiger partial charge in [0.2, 0.25) is 0 Å². The Morgan fingerprint density at radius 1 is 1.21 bits per heavy atom. The molecule has 6 nitrogen and oxygen atoms in total. The topological polar surface area (TPSA) is 73.9 Å². The molecule has 1 amide bonds. The molecular weight excluding hydrogens is 390 g/mol. The third kappa shape index (κ3) is 5.74. The van der Waals surface area contributed by atoms with E-state index in [9.17, 15) is 9.59 Å². The first-order chi connectivity index (χ1) is 14.1. The van der Waals surface area contributed by atoms with Crippen LogP contribution in [-0.2, 0) is 14.3 Å². The molecule has 0 bridgehead atoms. The van der Waals surface area contributed by atoms with Crippen molar-refractivity contribution in [1.82, 2.24) is 0 Å². The lowest BCUT2D eigenvalue weighted by molar-refractivity contribution is -0.123. The quantitative estimate of drug-likeness (QED) is 0.516. The van der Waals surface area contributed by atoms with E-state index in [1.807, 2.05) is 18.2 Å². The first-order valence-corrected chi connectivity index (χ1v) is 10.6. The van der Waals surface area contributed by atoms with E-state index in [0.29, 0.717) is 17.0 Å². The molecule has 1 heterocycles. The number of carbonyl (C=O) groups is 2. The molecule has 3 rings (SSSR count). The van der Waals surface area contributed by atoms with Gasteiger partial charge in [-0.05, 0) is 44.0 Å². The number of thioether (sulfide) groups is 1. The van der Waals surface area contributed by atoms with E-state index in [2.05, 4.69) is 5.32 Å². The number of ether oxygens (including phenoxy) is 3. The standard InChI is InChI=1S/C22H25NO5S/c1-15(21(24)23-18-10-4-5-11-19(18)26-2)28-22(25)17-9-3-6-12-20(17)29-14-16-8-7-13-27-16/h3-6,9-12,15-16H,7-8,13-14H2,1-2H3,(H,23,24)/t15-,16+/m1/s1. The summed E-state index contributed by atoms with van der Waals surface area (Å²) in [6.07, 6.45) is 1.38. The molecule has 0 radical (unpaired) electrons. The second-order valence-corrected chi connectivity index (χ2v) is 7.74. The number of benzene rings is 2. The normalized spacial score (nSPS) is 16.8. The monoisotopic (exact) mass is 415 g/mol. The Hall–Kier alpha value is -2.51. The number of para-hydroxylation sites is 2. The van der Waals surface area contributed by atoms with Crippen molar-refractivity contribution in [3.63, 3.8) is 0 Å². The minimum atomic E-state index is -0.955. The van der Waals surface area contributed by atoms with Gasteiger partial charge in [0.15, 0.2) is 6.10 Å². The van der Waals surface area contributed by atoms with Gasteiger partial charge in [-0.25, -0.2) is 4.79 Å². The first kappa shape index (κ1) is 21.2. The van der Waals surface area contributed by atoms with Gasteiger partial charge in [-0.1, -0.05) is 24.3 Å². The van der Waals surface area contributed by atoms with Gasteiger partial charge in [0, 0.05) is 17.3 Å². The number of esters is 1. The van der Waals surface area contributed by atoms with E-state index in [4.69, 9.17) is 14.2 Å². The van der Waals surface area contributed by atoms with Crippen LogP contribution >= 0.6 is 11.8 Å². The fourth-order valence-corrected chi connectivity index (χ4v) is 4.09. The van der Waals surface area contributed by atoms with Gasteiger partial charge >= 0.3 is 5.97 Å². The van der Waals surface area contributed by atoms with Crippen molar-refractivity contribution in [3.05, 3.63) is 54.1 Å². The van der Waals surface area contributed by atoms with Crippen LogP contribution in [0.15, 0.2) is 53.4 Å². The van der Waals surface area contributed by atoms with Crippen molar-refractivity contribution in [2.24, 2.45) is 0 Å². The fourth-order valence-electron chi connectivity index (χ4n) is 2.98. The third-order valence-electron chi connectivity index (χ3n) is 4.57. The molecule has 1 aliphatic rings. The summed E-state index contributed by atoms with van der Waals surface area (Å²) in [5, 5.41) is 2.73. The van der Waals surface area contributed by atoms with Gasteiger partial charge in [-0.3, -0.25) is 4.79 Å². The highest BCUT2D eigenvalue weighted by Crippen LogP contribution is 2.28. The molecular formula is C22H25NO5S. The average molecular weight is 416 g/mol. The largest absolute Gasteiger partial charge is 0.495 e.